The largest absolute Gasteiger partial charge is 0.466 e. The lowest BCUT2D eigenvalue weighted by atomic mass is 9.80. The lowest BCUT2D eigenvalue weighted by molar-refractivity contribution is -0.149. The highest BCUT2D eigenvalue weighted by Gasteiger charge is 2.38. The summed E-state index contributed by atoms with van der Waals surface area (Å²) < 4.78 is 61.6. The minimum absolute atomic E-state index is 0.0561. The lowest BCUT2D eigenvalue weighted by Crippen LogP contribution is -2.24. The molecule has 0 spiro atoms. The van der Waals surface area contributed by atoms with Gasteiger partial charge in [0.05, 0.1) is 45.3 Å². The third-order valence-corrected chi connectivity index (χ3v) is 6.46. The van der Waals surface area contributed by atoms with Crippen LogP contribution < -0.4 is 0 Å². The minimum atomic E-state index is -4.82. The van der Waals surface area contributed by atoms with Gasteiger partial charge in [0.2, 0.25) is 0 Å². The number of fused-ring (bicyclic) bond motifs is 1. The van der Waals surface area contributed by atoms with Gasteiger partial charge in [0, 0.05) is 5.92 Å². The maximum Gasteiger partial charge on any atom is 0.417 e. The topological polar surface area (TPSA) is 61.2 Å². The molecule has 3 aromatic rings. The van der Waals surface area contributed by atoms with Crippen molar-refractivity contribution in [3.63, 3.8) is 0 Å². The molecule has 34 heavy (non-hydrogen) atoms. The summed E-state index contributed by atoms with van der Waals surface area (Å²) in [6.07, 6.45) is -2.82. The Morgan fingerprint density at radius 3 is 2.44 bits per heavy atom. The van der Waals surface area contributed by atoms with Crippen LogP contribution in [0.1, 0.15) is 60.1 Å². The van der Waals surface area contributed by atoms with Crippen LogP contribution in [0.4, 0.5) is 17.6 Å². The molecule has 0 N–H and O–H groups in total. The number of aromatic nitrogens is 2. The van der Waals surface area contributed by atoms with Crippen molar-refractivity contribution in [3.8, 4) is 0 Å². The van der Waals surface area contributed by atoms with Crippen LogP contribution in [0.15, 0.2) is 36.4 Å². The predicted molar refractivity (Wildman–Crippen MR) is 117 cm³/mol. The van der Waals surface area contributed by atoms with Crippen LogP contribution in [0, 0.1) is 11.7 Å². The average Bonchev–Trinajstić information content (AvgIpc) is 3.19. The molecule has 10 heteroatoms. The molecule has 0 amide bonds. The fourth-order valence-electron chi connectivity index (χ4n) is 4.54. The molecule has 180 valence electrons. The van der Waals surface area contributed by atoms with E-state index in [0.717, 1.165) is 16.8 Å². The number of alkyl halides is 3. The SMILES string of the molecule is CCOC(=O)C1CCC(c2nn(C(=O)c3c(Cl)cccc3C(F)(F)F)c3cccc(F)c23)CC1. The van der Waals surface area contributed by atoms with Crippen molar-refractivity contribution in [3.05, 3.63) is 64.1 Å². The van der Waals surface area contributed by atoms with Crippen LogP contribution in [0.3, 0.4) is 0 Å². The number of benzene rings is 2. The molecule has 1 saturated carbocycles. The normalized spacial score (nSPS) is 18.8. The second-order valence-corrected chi connectivity index (χ2v) is 8.60. The van der Waals surface area contributed by atoms with Gasteiger partial charge in [-0.15, -0.1) is 0 Å². The fraction of sp³-hybridized carbons (Fsp3) is 0.375. The van der Waals surface area contributed by atoms with E-state index in [0.29, 0.717) is 25.7 Å². The minimum Gasteiger partial charge on any atom is -0.466 e. The average molecular weight is 497 g/mol. The highest BCUT2D eigenvalue weighted by Crippen LogP contribution is 2.40. The molecule has 0 aliphatic heterocycles. The Morgan fingerprint density at radius 2 is 1.79 bits per heavy atom. The van der Waals surface area contributed by atoms with Crippen molar-refractivity contribution < 1.29 is 31.9 Å². The summed E-state index contributed by atoms with van der Waals surface area (Å²) in [5, 5.41) is 4.01. The Bertz CT molecular complexity index is 1250. The number of nitrogens with zero attached hydrogens (tertiary/aromatic N) is 2. The Labute approximate surface area is 197 Å². The first kappa shape index (κ1) is 24.2. The maximum atomic E-state index is 14.9. The van der Waals surface area contributed by atoms with Crippen molar-refractivity contribution in [1.29, 1.82) is 0 Å². The Balaban J connectivity index is 1.76. The molecule has 1 heterocycles. The van der Waals surface area contributed by atoms with Gasteiger partial charge in [-0.25, -0.2) is 4.39 Å². The third-order valence-electron chi connectivity index (χ3n) is 6.14. The highest BCUT2D eigenvalue weighted by atomic mass is 35.5. The van der Waals surface area contributed by atoms with E-state index in [4.69, 9.17) is 16.3 Å². The molecule has 0 radical (unpaired) electrons. The van der Waals surface area contributed by atoms with E-state index < -0.39 is 29.0 Å². The van der Waals surface area contributed by atoms with E-state index in [1.54, 1.807) is 6.92 Å². The van der Waals surface area contributed by atoms with E-state index >= 15 is 0 Å². The molecular formula is C24H21ClF4N2O3. The number of hydrogen-bond donors (Lipinski definition) is 0. The van der Waals surface area contributed by atoms with Crippen molar-refractivity contribution in [2.45, 2.75) is 44.7 Å². The molecule has 0 unspecified atom stereocenters. The van der Waals surface area contributed by atoms with Crippen LogP contribution in [-0.2, 0) is 15.7 Å². The maximum absolute atomic E-state index is 14.9. The van der Waals surface area contributed by atoms with Gasteiger partial charge in [0.15, 0.2) is 0 Å². The molecular weight excluding hydrogens is 476 g/mol. The number of carbonyl (C=O) groups excluding carboxylic acids is 2. The summed E-state index contributed by atoms with van der Waals surface area (Å²) in [5.41, 5.74) is -1.60. The first-order chi connectivity index (χ1) is 16.1. The van der Waals surface area contributed by atoms with Gasteiger partial charge in [-0.2, -0.15) is 23.0 Å². The van der Waals surface area contributed by atoms with Gasteiger partial charge in [0.1, 0.15) is 5.82 Å². The van der Waals surface area contributed by atoms with Crippen molar-refractivity contribution >= 4 is 34.4 Å². The van der Waals surface area contributed by atoms with Crippen LogP contribution in [0.25, 0.3) is 10.9 Å². The molecule has 0 bridgehead atoms. The smallest absolute Gasteiger partial charge is 0.417 e. The molecule has 0 saturated heterocycles. The number of hydrogen-bond acceptors (Lipinski definition) is 4. The van der Waals surface area contributed by atoms with E-state index in [2.05, 4.69) is 5.10 Å². The zero-order valence-corrected chi connectivity index (χ0v) is 18.9. The van der Waals surface area contributed by atoms with E-state index in [1.807, 2.05) is 0 Å². The number of rotatable bonds is 4. The second kappa shape index (κ2) is 9.37. The van der Waals surface area contributed by atoms with Crippen LogP contribution >= 0.6 is 11.6 Å². The predicted octanol–water partition coefficient (Wildman–Crippen LogP) is 6.37. The molecule has 1 aromatic heterocycles. The summed E-state index contributed by atoms with van der Waals surface area (Å²) in [6.45, 7) is 2.01. The van der Waals surface area contributed by atoms with E-state index in [-0.39, 0.29) is 46.0 Å². The molecule has 1 aliphatic rings. The number of ether oxygens (including phenoxy) is 1. The zero-order chi connectivity index (χ0) is 24.6. The summed E-state index contributed by atoms with van der Waals surface area (Å²) in [7, 11) is 0. The van der Waals surface area contributed by atoms with Gasteiger partial charge in [-0.3, -0.25) is 9.59 Å². The first-order valence-electron chi connectivity index (χ1n) is 10.9. The van der Waals surface area contributed by atoms with Gasteiger partial charge >= 0.3 is 12.1 Å². The molecule has 4 rings (SSSR count). The molecule has 2 aromatic carbocycles. The number of halogens is 5. The Kier molecular flexibility index (Phi) is 6.66. The van der Waals surface area contributed by atoms with Crippen LogP contribution in [0.5, 0.6) is 0 Å². The quantitative estimate of drug-likeness (QED) is 0.311. The summed E-state index contributed by atoms with van der Waals surface area (Å²) in [6, 6.07) is 7.07. The third kappa shape index (κ3) is 4.41. The van der Waals surface area contributed by atoms with Crippen molar-refractivity contribution in [2.75, 3.05) is 6.61 Å². The van der Waals surface area contributed by atoms with E-state index in [9.17, 15) is 27.2 Å². The molecule has 0 atom stereocenters. The fourth-order valence-corrected chi connectivity index (χ4v) is 4.80. The van der Waals surface area contributed by atoms with Gasteiger partial charge in [0.25, 0.3) is 5.91 Å². The summed E-state index contributed by atoms with van der Waals surface area (Å²) in [5.74, 6) is -2.55. The Morgan fingerprint density at radius 1 is 1.12 bits per heavy atom. The summed E-state index contributed by atoms with van der Waals surface area (Å²) >= 11 is 6.01. The van der Waals surface area contributed by atoms with Gasteiger partial charge in [-0.05, 0) is 56.9 Å². The first-order valence-corrected chi connectivity index (χ1v) is 11.3. The standard InChI is InChI=1S/C24H21ClF4N2O3/c1-2-34-23(33)14-11-9-13(10-12-14)21-20-17(26)7-4-8-18(20)31(30-21)22(32)19-15(24(27,28)29)5-3-6-16(19)25/h3-8,13-14H,2,9-12H2,1H3. The van der Waals surface area contributed by atoms with Crippen LogP contribution in [0.2, 0.25) is 5.02 Å². The Hall–Kier alpha value is -2.94. The molecule has 1 aliphatic carbocycles. The van der Waals surface area contributed by atoms with Gasteiger partial charge in [-0.1, -0.05) is 23.7 Å². The van der Waals surface area contributed by atoms with Crippen molar-refractivity contribution in [1.82, 2.24) is 9.78 Å². The second-order valence-electron chi connectivity index (χ2n) is 8.20. The molecule has 1 fully saturated rings. The molecule has 5 nitrogen and oxygen atoms in total. The monoisotopic (exact) mass is 496 g/mol. The number of esters is 1. The zero-order valence-electron chi connectivity index (χ0n) is 18.2. The lowest BCUT2D eigenvalue weighted by Gasteiger charge is -2.26. The van der Waals surface area contributed by atoms with E-state index in [1.165, 1.54) is 24.3 Å². The highest BCUT2D eigenvalue weighted by molar-refractivity contribution is 6.34. The van der Waals surface area contributed by atoms with Gasteiger partial charge < -0.3 is 4.74 Å². The van der Waals surface area contributed by atoms with Crippen LogP contribution in [-0.4, -0.2) is 28.3 Å². The number of carbonyl (C=O) groups is 2. The van der Waals surface area contributed by atoms with Crippen molar-refractivity contribution in [2.24, 2.45) is 5.92 Å². The summed E-state index contributed by atoms with van der Waals surface area (Å²) in [4.78, 5) is 25.4.